The van der Waals surface area contributed by atoms with Crippen molar-refractivity contribution in [3.8, 4) is 0 Å². The molecule has 0 saturated carbocycles. The lowest BCUT2D eigenvalue weighted by molar-refractivity contribution is -0.119. The highest BCUT2D eigenvalue weighted by Gasteiger charge is 2.19. The molecule has 0 bridgehead atoms. The minimum Gasteiger partial charge on any atom is -0.389 e. The zero-order valence-electron chi connectivity index (χ0n) is 10.3. The molecule has 1 saturated heterocycles. The Bertz CT molecular complexity index is 449. The van der Waals surface area contributed by atoms with Crippen LogP contribution in [-0.2, 0) is 4.79 Å². The summed E-state index contributed by atoms with van der Waals surface area (Å²) in [5, 5.41) is 12.5. The number of carbonyl (C=O) groups is 1. The van der Waals surface area contributed by atoms with Gasteiger partial charge in [0.1, 0.15) is 5.82 Å². The van der Waals surface area contributed by atoms with E-state index in [-0.39, 0.29) is 18.3 Å². The fraction of sp³-hybridized carbons (Fsp3) is 0.462. The van der Waals surface area contributed by atoms with Crippen molar-refractivity contribution in [1.82, 2.24) is 5.32 Å². The molecule has 4 nitrogen and oxygen atoms in total. The molecule has 1 aromatic rings. The SMILES string of the molecule is C[C@@H](O)c1cc(F)ccc1N1CCCNC(=O)C1. The number of hydrogen-bond acceptors (Lipinski definition) is 3. The molecule has 2 N–H and O–H groups in total. The third-order valence-corrected chi connectivity index (χ3v) is 3.04. The summed E-state index contributed by atoms with van der Waals surface area (Å²) in [6, 6.07) is 4.29. The van der Waals surface area contributed by atoms with Gasteiger partial charge in [0.2, 0.25) is 5.91 Å². The van der Waals surface area contributed by atoms with Gasteiger partial charge in [0, 0.05) is 24.3 Å². The summed E-state index contributed by atoms with van der Waals surface area (Å²) >= 11 is 0. The second-order valence-corrected chi connectivity index (χ2v) is 4.50. The van der Waals surface area contributed by atoms with Gasteiger partial charge in [0.05, 0.1) is 12.6 Å². The van der Waals surface area contributed by atoms with Crippen LogP contribution in [0.25, 0.3) is 0 Å². The third kappa shape index (κ3) is 2.79. The summed E-state index contributed by atoms with van der Waals surface area (Å²) in [6.45, 7) is 3.20. The Hall–Kier alpha value is -1.62. The van der Waals surface area contributed by atoms with Crippen LogP contribution < -0.4 is 10.2 Å². The van der Waals surface area contributed by atoms with Crippen molar-refractivity contribution in [3.05, 3.63) is 29.6 Å². The Morgan fingerprint density at radius 2 is 2.28 bits per heavy atom. The van der Waals surface area contributed by atoms with Gasteiger partial charge in [-0.05, 0) is 31.5 Å². The molecule has 5 heteroatoms. The lowest BCUT2D eigenvalue weighted by Crippen LogP contribution is -2.33. The highest BCUT2D eigenvalue weighted by molar-refractivity contribution is 5.82. The van der Waals surface area contributed by atoms with E-state index in [0.717, 1.165) is 12.1 Å². The highest BCUT2D eigenvalue weighted by Crippen LogP contribution is 2.27. The molecule has 1 aliphatic rings. The van der Waals surface area contributed by atoms with Gasteiger partial charge in [-0.3, -0.25) is 4.79 Å². The summed E-state index contributed by atoms with van der Waals surface area (Å²) < 4.78 is 13.2. The van der Waals surface area contributed by atoms with E-state index in [1.54, 1.807) is 13.0 Å². The van der Waals surface area contributed by atoms with E-state index in [1.165, 1.54) is 12.1 Å². The van der Waals surface area contributed by atoms with E-state index in [2.05, 4.69) is 5.32 Å². The van der Waals surface area contributed by atoms with Crippen LogP contribution in [0.3, 0.4) is 0 Å². The van der Waals surface area contributed by atoms with Crippen LogP contribution in [0.15, 0.2) is 18.2 Å². The molecular weight excluding hydrogens is 235 g/mol. The van der Waals surface area contributed by atoms with Crippen molar-refractivity contribution < 1.29 is 14.3 Å². The number of amides is 1. The maximum absolute atomic E-state index is 13.2. The molecule has 1 heterocycles. The molecule has 98 valence electrons. The van der Waals surface area contributed by atoms with Crippen LogP contribution in [0.1, 0.15) is 25.0 Å². The molecule has 0 aliphatic carbocycles. The molecule has 1 fully saturated rings. The third-order valence-electron chi connectivity index (χ3n) is 3.04. The lowest BCUT2D eigenvalue weighted by atomic mass is 10.1. The highest BCUT2D eigenvalue weighted by atomic mass is 19.1. The number of halogens is 1. The zero-order valence-corrected chi connectivity index (χ0v) is 10.3. The van der Waals surface area contributed by atoms with Gasteiger partial charge in [-0.1, -0.05) is 0 Å². The van der Waals surface area contributed by atoms with Gasteiger partial charge in [-0.25, -0.2) is 4.39 Å². The number of carbonyl (C=O) groups excluding carboxylic acids is 1. The predicted molar refractivity (Wildman–Crippen MR) is 66.9 cm³/mol. The first-order valence-electron chi connectivity index (χ1n) is 6.07. The Balaban J connectivity index is 2.33. The van der Waals surface area contributed by atoms with Crippen molar-refractivity contribution in [2.24, 2.45) is 0 Å². The number of anilines is 1. The summed E-state index contributed by atoms with van der Waals surface area (Å²) in [4.78, 5) is 13.4. The lowest BCUT2D eigenvalue weighted by Gasteiger charge is -2.25. The van der Waals surface area contributed by atoms with Gasteiger partial charge in [0.15, 0.2) is 0 Å². The fourth-order valence-electron chi connectivity index (χ4n) is 2.16. The Labute approximate surface area is 105 Å². The quantitative estimate of drug-likeness (QED) is 0.831. The first-order valence-corrected chi connectivity index (χ1v) is 6.07. The topological polar surface area (TPSA) is 52.6 Å². The number of rotatable bonds is 2. The zero-order chi connectivity index (χ0) is 13.1. The monoisotopic (exact) mass is 252 g/mol. The van der Waals surface area contributed by atoms with E-state index in [1.807, 2.05) is 4.90 Å². The maximum Gasteiger partial charge on any atom is 0.239 e. The minimum absolute atomic E-state index is 0.0478. The number of benzene rings is 1. The number of aliphatic hydroxyl groups excluding tert-OH is 1. The second kappa shape index (κ2) is 5.35. The smallest absolute Gasteiger partial charge is 0.239 e. The van der Waals surface area contributed by atoms with Crippen molar-refractivity contribution in [2.45, 2.75) is 19.4 Å². The summed E-state index contributed by atoms with van der Waals surface area (Å²) in [5.41, 5.74) is 1.24. The number of aliphatic hydroxyl groups is 1. The van der Waals surface area contributed by atoms with E-state index in [9.17, 15) is 14.3 Å². The summed E-state index contributed by atoms with van der Waals surface area (Å²) in [5.74, 6) is -0.428. The van der Waals surface area contributed by atoms with E-state index in [4.69, 9.17) is 0 Å². The van der Waals surface area contributed by atoms with Crippen LogP contribution >= 0.6 is 0 Å². The van der Waals surface area contributed by atoms with Crippen molar-refractivity contribution >= 4 is 11.6 Å². The first kappa shape index (κ1) is 12.8. The summed E-state index contributed by atoms with van der Waals surface area (Å²) in [6.07, 6.45) is 0.0737. The van der Waals surface area contributed by atoms with Crippen molar-refractivity contribution in [1.29, 1.82) is 0 Å². The molecule has 0 aromatic heterocycles. The molecule has 1 aromatic carbocycles. The standard InChI is InChI=1S/C13H17FN2O2/c1-9(17)11-7-10(14)3-4-12(11)16-6-2-5-15-13(18)8-16/h3-4,7,9,17H,2,5-6,8H2,1H3,(H,15,18)/t9-/m1/s1. The van der Waals surface area contributed by atoms with E-state index < -0.39 is 6.10 Å². The Kier molecular flexibility index (Phi) is 3.81. The molecule has 18 heavy (non-hydrogen) atoms. The van der Waals surface area contributed by atoms with E-state index >= 15 is 0 Å². The van der Waals surface area contributed by atoms with Crippen LogP contribution in [-0.4, -0.2) is 30.6 Å². The molecule has 0 unspecified atom stereocenters. The molecule has 0 spiro atoms. The first-order chi connectivity index (χ1) is 8.58. The molecule has 2 rings (SSSR count). The van der Waals surface area contributed by atoms with E-state index in [0.29, 0.717) is 18.7 Å². The molecular formula is C13H17FN2O2. The van der Waals surface area contributed by atoms with Crippen LogP contribution in [0.4, 0.5) is 10.1 Å². The van der Waals surface area contributed by atoms with Crippen LogP contribution in [0.2, 0.25) is 0 Å². The predicted octanol–water partition coefficient (Wildman–Crippen LogP) is 1.21. The van der Waals surface area contributed by atoms with Crippen LogP contribution in [0, 0.1) is 5.82 Å². The van der Waals surface area contributed by atoms with Gasteiger partial charge < -0.3 is 15.3 Å². The Morgan fingerprint density at radius 1 is 1.50 bits per heavy atom. The average molecular weight is 252 g/mol. The number of nitrogens with zero attached hydrogens (tertiary/aromatic N) is 1. The minimum atomic E-state index is -0.762. The summed E-state index contributed by atoms with van der Waals surface area (Å²) in [7, 11) is 0. The van der Waals surface area contributed by atoms with Gasteiger partial charge in [-0.15, -0.1) is 0 Å². The van der Waals surface area contributed by atoms with Gasteiger partial charge >= 0.3 is 0 Å². The normalized spacial score (nSPS) is 18.2. The van der Waals surface area contributed by atoms with Crippen molar-refractivity contribution in [3.63, 3.8) is 0 Å². The molecule has 1 amide bonds. The van der Waals surface area contributed by atoms with Gasteiger partial charge in [0.25, 0.3) is 0 Å². The maximum atomic E-state index is 13.2. The molecule has 0 radical (unpaired) electrons. The second-order valence-electron chi connectivity index (χ2n) is 4.50. The molecule has 1 atom stereocenters. The fourth-order valence-corrected chi connectivity index (χ4v) is 2.16. The average Bonchev–Trinajstić information content (AvgIpc) is 2.53. The molecule has 1 aliphatic heterocycles. The Morgan fingerprint density at radius 3 is 3.00 bits per heavy atom. The van der Waals surface area contributed by atoms with Crippen LogP contribution in [0.5, 0.6) is 0 Å². The number of hydrogen-bond donors (Lipinski definition) is 2. The van der Waals surface area contributed by atoms with Crippen molar-refractivity contribution in [2.75, 3.05) is 24.5 Å². The van der Waals surface area contributed by atoms with Gasteiger partial charge in [-0.2, -0.15) is 0 Å². The number of nitrogens with one attached hydrogen (secondary N) is 1. The largest absolute Gasteiger partial charge is 0.389 e.